The zero-order valence-corrected chi connectivity index (χ0v) is 9.41. The number of rotatable bonds is 2. The van der Waals surface area contributed by atoms with Crippen molar-refractivity contribution in [2.24, 2.45) is 0 Å². The summed E-state index contributed by atoms with van der Waals surface area (Å²) in [5.41, 5.74) is 7.93. The van der Waals surface area contributed by atoms with Gasteiger partial charge in [-0.15, -0.1) is 5.10 Å². The number of benzene rings is 1. The maximum atomic E-state index is 11.7. The molecule has 0 radical (unpaired) electrons. The maximum absolute atomic E-state index is 11.7. The first kappa shape index (κ1) is 10.6. The molecule has 0 unspecified atom stereocenters. The van der Waals surface area contributed by atoms with E-state index in [0.717, 1.165) is 17.1 Å². The molecule has 1 aromatic heterocycles. The number of anilines is 2. The van der Waals surface area contributed by atoms with Crippen molar-refractivity contribution in [2.75, 3.05) is 11.1 Å². The molecule has 2 rings (SSSR count). The molecular formula is C10H10N4OS. The quantitative estimate of drug-likeness (QED) is 0.775. The van der Waals surface area contributed by atoms with E-state index in [1.807, 2.05) is 19.1 Å². The first-order valence-electron chi connectivity index (χ1n) is 4.61. The van der Waals surface area contributed by atoms with Crippen LogP contribution in [0.25, 0.3) is 0 Å². The second-order valence-electron chi connectivity index (χ2n) is 3.33. The van der Waals surface area contributed by atoms with E-state index in [1.54, 1.807) is 6.07 Å². The summed E-state index contributed by atoms with van der Waals surface area (Å²) in [5.74, 6) is -0.243. The fourth-order valence-electron chi connectivity index (χ4n) is 1.23. The van der Waals surface area contributed by atoms with Gasteiger partial charge in [-0.25, -0.2) is 0 Å². The molecule has 5 nitrogen and oxygen atoms in total. The van der Waals surface area contributed by atoms with Crippen molar-refractivity contribution >= 4 is 28.8 Å². The van der Waals surface area contributed by atoms with E-state index >= 15 is 0 Å². The van der Waals surface area contributed by atoms with Crippen LogP contribution in [0.4, 0.5) is 11.4 Å². The van der Waals surface area contributed by atoms with Gasteiger partial charge in [0.1, 0.15) is 4.88 Å². The molecule has 3 N–H and O–H groups in total. The number of aromatic nitrogens is 2. The number of amides is 1. The SMILES string of the molecule is Cc1ccc(N)c(NC(=O)c2cnns2)c1. The van der Waals surface area contributed by atoms with Crippen molar-refractivity contribution in [3.63, 3.8) is 0 Å². The van der Waals surface area contributed by atoms with E-state index in [2.05, 4.69) is 14.9 Å². The summed E-state index contributed by atoms with van der Waals surface area (Å²) < 4.78 is 3.62. The molecule has 0 aliphatic rings. The van der Waals surface area contributed by atoms with Gasteiger partial charge in [0.15, 0.2) is 0 Å². The summed E-state index contributed by atoms with van der Waals surface area (Å²) in [4.78, 5) is 12.2. The number of hydrogen-bond acceptors (Lipinski definition) is 5. The van der Waals surface area contributed by atoms with Gasteiger partial charge in [0, 0.05) is 0 Å². The summed E-state index contributed by atoms with van der Waals surface area (Å²) in [6.45, 7) is 1.93. The Morgan fingerprint density at radius 2 is 2.31 bits per heavy atom. The molecule has 2 aromatic rings. The molecule has 0 fully saturated rings. The van der Waals surface area contributed by atoms with E-state index < -0.39 is 0 Å². The molecule has 6 heteroatoms. The second-order valence-corrected chi connectivity index (χ2v) is 4.11. The average Bonchev–Trinajstić information content (AvgIpc) is 2.76. The topological polar surface area (TPSA) is 80.9 Å². The van der Waals surface area contributed by atoms with Gasteiger partial charge in [-0.3, -0.25) is 4.79 Å². The number of hydrogen-bond donors (Lipinski definition) is 2. The molecule has 1 aromatic carbocycles. The van der Waals surface area contributed by atoms with Gasteiger partial charge in [-0.2, -0.15) is 0 Å². The number of aryl methyl sites for hydroxylation is 1. The minimum Gasteiger partial charge on any atom is -0.397 e. The minimum atomic E-state index is -0.243. The Hall–Kier alpha value is -1.95. The van der Waals surface area contributed by atoms with Gasteiger partial charge < -0.3 is 11.1 Å². The Bertz CT molecular complexity index is 510. The van der Waals surface area contributed by atoms with Crippen LogP contribution in [0.5, 0.6) is 0 Å². The van der Waals surface area contributed by atoms with Crippen LogP contribution in [0.1, 0.15) is 15.2 Å². The Morgan fingerprint density at radius 1 is 1.50 bits per heavy atom. The molecular weight excluding hydrogens is 224 g/mol. The van der Waals surface area contributed by atoms with Crippen molar-refractivity contribution in [1.82, 2.24) is 9.59 Å². The van der Waals surface area contributed by atoms with E-state index in [4.69, 9.17) is 5.73 Å². The molecule has 0 aliphatic carbocycles. The molecule has 0 aliphatic heterocycles. The van der Waals surface area contributed by atoms with E-state index in [-0.39, 0.29) is 5.91 Å². The van der Waals surface area contributed by atoms with Gasteiger partial charge in [-0.1, -0.05) is 10.6 Å². The summed E-state index contributed by atoms with van der Waals surface area (Å²) in [5, 5.41) is 6.32. The number of nitrogen functional groups attached to an aromatic ring is 1. The summed E-state index contributed by atoms with van der Waals surface area (Å²) in [6, 6.07) is 5.47. The lowest BCUT2D eigenvalue weighted by Gasteiger charge is -2.07. The van der Waals surface area contributed by atoms with Crippen molar-refractivity contribution in [2.45, 2.75) is 6.92 Å². The Labute approximate surface area is 96.5 Å². The largest absolute Gasteiger partial charge is 0.397 e. The smallest absolute Gasteiger partial charge is 0.269 e. The number of carbonyl (C=O) groups is 1. The zero-order valence-electron chi connectivity index (χ0n) is 8.60. The third-order valence-corrected chi connectivity index (χ3v) is 2.71. The lowest BCUT2D eigenvalue weighted by atomic mass is 10.2. The van der Waals surface area contributed by atoms with Gasteiger partial charge in [0.05, 0.1) is 17.6 Å². The van der Waals surface area contributed by atoms with Crippen LogP contribution in [0.2, 0.25) is 0 Å². The van der Waals surface area contributed by atoms with Crippen molar-refractivity contribution in [3.8, 4) is 0 Å². The molecule has 82 valence electrons. The van der Waals surface area contributed by atoms with Crippen LogP contribution < -0.4 is 11.1 Å². The number of nitrogens with one attached hydrogen (secondary N) is 1. The van der Waals surface area contributed by atoms with Crippen LogP contribution in [-0.2, 0) is 0 Å². The zero-order chi connectivity index (χ0) is 11.5. The van der Waals surface area contributed by atoms with Crippen LogP contribution in [0.15, 0.2) is 24.4 Å². The predicted octanol–water partition coefficient (Wildman–Crippen LogP) is 1.68. The molecule has 16 heavy (non-hydrogen) atoms. The van der Waals surface area contributed by atoms with E-state index in [9.17, 15) is 4.79 Å². The standard InChI is InChI=1S/C10H10N4OS/c1-6-2-3-7(11)8(4-6)13-10(15)9-5-12-14-16-9/h2-5H,11H2,1H3,(H,13,15). The highest BCUT2D eigenvalue weighted by Crippen LogP contribution is 2.20. The predicted molar refractivity (Wildman–Crippen MR) is 63.5 cm³/mol. The molecule has 0 atom stereocenters. The summed E-state index contributed by atoms with van der Waals surface area (Å²) in [7, 11) is 0. The molecule has 1 heterocycles. The van der Waals surface area contributed by atoms with Gasteiger partial charge in [0.2, 0.25) is 0 Å². The number of nitrogens with zero attached hydrogens (tertiary/aromatic N) is 2. The van der Waals surface area contributed by atoms with Crippen LogP contribution in [0.3, 0.4) is 0 Å². The lowest BCUT2D eigenvalue weighted by Crippen LogP contribution is -2.11. The molecule has 0 saturated carbocycles. The minimum absolute atomic E-state index is 0.243. The van der Waals surface area contributed by atoms with E-state index in [1.165, 1.54) is 6.20 Å². The van der Waals surface area contributed by atoms with Gasteiger partial charge in [-0.05, 0) is 36.2 Å². The third kappa shape index (κ3) is 2.17. The van der Waals surface area contributed by atoms with E-state index in [0.29, 0.717) is 16.3 Å². The van der Waals surface area contributed by atoms with Crippen LogP contribution in [0, 0.1) is 6.92 Å². The number of carbonyl (C=O) groups excluding carboxylic acids is 1. The molecule has 1 amide bonds. The lowest BCUT2D eigenvalue weighted by molar-refractivity contribution is 0.103. The average molecular weight is 234 g/mol. The number of nitrogens with two attached hydrogens (primary N) is 1. The second kappa shape index (κ2) is 4.28. The third-order valence-electron chi connectivity index (χ3n) is 2.04. The molecule has 0 spiro atoms. The highest BCUT2D eigenvalue weighted by Gasteiger charge is 2.10. The fraction of sp³-hybridized carbons (Fsp3) is 0.100. The van der Waals surface area contributed by atoms with Gasteiger partial charge >= 0.3 is 0 Å². The Kier molecular flexibility index (Phi) is 2.82. The van der Waals surface area contributed by atoms with Crippen LogP contribution >= 0.6 is 11.5 Å². The highest BCUT2D eigenvalue weighted by molar-refractivity contribution is 7.07. The molecule has 0 saturated heterocycles. The molecule has 0 bridgehead atoms. The summed E-state index contributed by atoms with van der Waals surface area (Å²) in [6.07, 6.45) is 1.42. The van der Waals surface area contributed by atoms with Gasteiger partial charge in [0.25, 0.3) is 5.91 Å². The first-order chi connectivity index (χ1) is 7.66. The van der Waals surface area contributed by atoms with Crippen molar-refractivity contribution in [1.29, 1.82) is 0 Å². The summed E-state index contributed by atoms with van der Waals surface area (Å²) >= 11 is 1.05. The fourth-order valence-corrected chi connectivity index (χ4v) is 1.64. The monoisotopic (exact) mass is 234 g/mol. The Balaban J connectivity index is 2.21. The van der Waals surface area contributed by atoms with Crippen LogP contribution in [-0.4, -0.2) is 15.5 Å². The van der Waals surface area contributed by atoms with Crippen molar-refractivity contribution < 1.29 is 4.79 Å². The van der Waals surface area contributed by atoms with Crippen molar-refractivity contribution in [3.05, 3.63) is 34.8 Å². The highest BCUT2D eigenvalue weighted by atomic mass is 32.1. The maximum Gasteiger partial charge on any atom is 0.269 e. The Morgan fingerprint density at radius 3 is 3.00 bits per heavy atom. The normalized spacial score (nSPS) is 10.1. The first-order valence-corrected chi connectivity index (χ1v) is 5.39.